The molecule has 1 aromatic rings. The summed E-state index contributed by atoms with van der Waals surface area (Å²) in [5.74, 6) is 1.41. The van der Waals surface area contributed by atoms with Crippen LogP contribution >= 0.6 is 0 Å². The lowest BCUT2D eigenvalue weighted by Crippen LogP contribution is -2.34. The van der Waals surface area contributed by atoms with Crippen molar-refractivity contribution in [1.82, 2.24) is 15.2 Å². The Bertz CT molecular complexity index is 324. The third-order valence-corrected chi connectivity index (χ3v) is 3.22. The number of rotatable bonds is 9. The second-order valence-corrected chi connectivity index (χ2v) is 5.84. The number of aromatic nitrogens is 1. The monoisotopic (exact) mass is 263 g/mol. The van der Waals surface area contributed by atoms with Gasteiger partial charge >= 0.3 is 0 Å². The Kier molecular flexibility index (Phi) is 7.68. The van der Waals surface area contributed by atoms with Crippen molar-refractivity contribution in [2.45, 2.75) is 34.2 Å². The zero-order valence-corrected chi connectivity index (χ0v) is 12.9. The molecule has 1 unspecified atom stereocenters. The lowest BCUT2D eigenvalue weighted by molar-refractivity contribution is 0.237. The van der Waals surface area contributed by atoms with Crippen LogP contribution in [-0.2, 0) is 6.54 Å². The molecule has 1 rings (SSSR count). The molecule has 0 aliphatic rings. The van der Waals surface area contributed by atoms with Crippen molar-refractivity contribution in [3.8, 4) is 0 Å². The van der Waals surface area contributed by atoms with Gasteiger partial charge in [-0.1, -0.05) is 27.7 Å². The predicted molar refractivity (Wildman–Crippen MR) is 82.1 cm³/mol. The molecule has 3 nitrogen and oxygen atoms in total. The Morgan fingerprint density at radius 3 is 2.42 bits per heavy atom. The van der Waals surface area contributed by atoms with Crippen LogP contribution in [0.2, 0.25) is 0 Å². The second kappa shape index (κ2) is 9.05. The molecule has 0 bridgehead atoms. The molecule has 0 aliphatic heterocycles. The number of nitrogens with zero attached hydrogens (tertiary/aromatic N) is 2. The molecule has 0 amide bonds. The molecule has 0 saturated carbocycles. The number of hydrogen-bond acceptors (Lipinski definition) is 3. The maximum Gasteiger partial charge on any atom is 0.0271 e. The van der Waals surface area contributed by atoms with Gasteiger partial charge in [0.2, 0.25) is 0 Å². The fourth-order valence-corrected chi connectivity index (χ4v) is 2.18. The van der Waals surface area contributed by atoms with Crippen molar-refractivity contribution in [1.29, 1.82) is 0 Å². The molecule has 1 N–H and O–H groups in total. The van der Waals surface area contributed by atoms with Gasteiger partial charge in [0.05, 0.1) is 0 Å². The third kappa shape index (κ3) is 7.28. The van der Waals surface area contributed by atoms with Gasteiger partial charge in [0.15, 0.2) is 0 Å². The van der Waals surface area contributed by atoms with Gasteiger partial charge in [-0.15, -0.1) is 0 Å². The normalized spacial score (nSPS) is 13.2. The van der Waals surface area contributed by atoms with E-state index in [4.69, 9.17) is 0 Å². The van der Waals surface area contributed by atoms with E-state index in [0.29, 0.717) is 5.92 Å². The van der Waals surface area contributed by atoms with Crippen LogP contribution in [0.5, 0.6) is 0 Å². The van der Waals surface area contributed by atoms with Crippen LogP contribution in [0.25, 0.3) is 0 Å². The number of nitrogens with one attached hydrogen (secondary N) is 1. The highest BCUT2D eigenvalue weighted by atomic mass is 15.1. The Hall–Kier alpha value is -0.930. The fourth-order valence-electron chi connectivity index (χ4n) is 2.18. The van der Waals surface area contributed by atoms with Crippen molar-refractivity contribution < 1.29 is 0 Å². The molecule has 3 heteroatoms. The van der Waals surface area contributed by atoms with E-state index in [-0.39, 0.29) is 0 Å². The van der Waals surface area contributed by atoms with E-state index >= 15 is 0 Å². The van der Waals surface area contributed by atoms with Crippen LogP contribution in [-0.4, -0.2) is 36.1 Å². The van der Waals surface area contributed by atoms with E-state index in [0.717, 1.165) is 38.6 Å². The van der Waals surface area contributed by atoms with Crippen LogP contribution in [0.15, 0.2) is 24.5 Å². The summed E-state index contributed by atoms with van der Waals surface area (Å²) in [6.07, 6.45) is 3.74. The predicted octanol–water partition coefficient (Wildman–Crippen LogP) is 2.79. The fraction of sp³-hybridized carbons (Fsp3) is 0.688. The SMILES string of the molecule is CCN(Cc1ccncc1)CC(C)CNCC(C)C. The Balaban J connectivity index is 2.31. The maximum absolute atomic E-state index is 4.07. The van der Waals surface area contributed by atoms with E-state index in [1.165, 1.54) is 5.56 Å². The van der Waals surface area contributed by atoms with Gasteiger partial charge < -0.3 is 5.32 Å². The Labute approximate surface area is 118 Å². The van der Waals surface area contributed by atoms with Gasteiger partial charge in [-0.3, -0.25) is 9.88 Å². The number of hydrogen-bond donors (Lipinski definition) is 1. The van der Waals surface area contributed by atoms with Gasteiger partial charge in [-0.25, -0.2) is 0 Å². The largest absolute Gasteiger partial charge is 0.316 e. The lowest BCUT2D eigenvalue weighted by atomic mass is 10.1. The standard InChI is InChI=1S/C16H29N3/c1-5-19(13-16-6-8-17-9-7-16)12-15(4)11-18-10-14(2)3/h6-9,14-15,18H,5,10-13H2,1-4H3. The summed E-state index contributed by atoms with van der Waals surface area (Å²) in [6.45, 7) is 14.5. The third-order valence-electron chi connectivity index (χ3n) is 3.22. The summed E-state index contributed by atoms with van der Waals surface area (Å²) in [5, 5.41) is 3.54. The van der Waals surface area contributed by atoms with Gasteiger partial charge in [0.25, 0.3) is 0 Å². The summed E-state index contributed by atoms with van der Waals surface area (Å²) in [7, 11) is 0. The average Bonchev–Trinajstić information content (AvgIpc) is 2.38. The van der Waals surface area contributed by atoms with Crippen LogP contribution in [0.1, 0.15) is 33.3 Å². The highest BCUT2D eigenvalue weighted by Gasteiger charge is 2.09. The van der Waals surface area contributed by atoms with E-state index < -0.39 is 0 Å². The molecule has 19 heavy (non-hydrogen) atoms. The molecule has 0 spiro atoms. The summed E-state index contributed by atoms with van der Waals surface area (Å²) >= 11 is 0. The van der Waals surface area contributed by atoms with E-state index in [9.17, 15) is 0 Å². The zero-order chi connectivity index (χ0) is 14.1. The quantitative estimate of drug-likeness (QED) is 0.742. The summed E-state index contributed by atoms with van der Waals surface area (Å²) in [6, 6.07) is 4.20. The van der Waals surface area contributed by atoms with Crippen molar-refractivity contribution in [2.24, 2.45) is 11.8 Å². The first-order chi connectivity index (χ1) is 9.11. The van der Waals surface area contributed by atoms with Crippen molar-refractivity contribution >= 4 is 0 Å². The van der Waals surface area contributed by atoms with Gasteiger partial charge in [0.1, 0.15) is 0 Å². The molecule has 1 heterocycles. The maximum atomic E-state index is 4.07. The average molecular weight is 263 g/mol. The minimum atomic E-state index is 0.681. The molecule has 0 radical (unpaired) electrons. The molecule has 1 aromatic heterocycles. The summed E-state index contributed by atoms with van der Waals surface area (Å²) in [4.78, 5) is 6.56. The van der Waals surface area contributed by atoms with Crippen LogP contribution < -0.4 is 5.32 Å². The molecule has 108 valence electrons. The molecule has 0 saturated heterocycles. The van der Waals surface area contributed by atoms with Gasteiger partial charge in [0, 0.05) is 25.5 Å². The minimum absolute atomic E-state index is 0.681. The highest BCUT2D eigenvalue weighted by Crippen LogP contribution is 2.06. The van der Waals surface area contributed by atoms with Gasteiger partial charge in [-0.05, 0) is 49.2 Å². The van der Waals surface area contributed by atoms with Crippen molar-refractivity contribution in [3.63, 3.8) is 0 Å². The van der Waals surface area contributed by atoms with E-state index in [1.54, 1.807) is 0 Å². The van der Waals surface area contributed by atoms with Crippen molar-refractivity contribution in [2.75, 3.05) is 26.2 Å². The zero-order valence-electron chi connectivity index (χ0n) is 12.9. The summed E-state index contributed by atoms with van der Waals surface area (Å²) in [5.41, 5.74) is 1.35. The molecule has 0 fully saturated rings. The Morgan fingerprint density at radius 1 is 1.16 bits per heavy atom. The van der Waals surface area contributed by atoms with E-state index in [2.05, 4.69) is 55.0 Å². The topological polar surface area (TPSA) is 28.2 Å². The van der Waals surface area contributed by atoms with Crippen LogP contribution in [0, 0.1) is 11.8 Å². The first kappa shape index (κ1) is 16.1. The smallest absolute Gasteiger partial charge is 0.0271 e. The lowest BCUT2D eigenvalue weighted by Gasteiger charge is -2.24. The van der Waals surface area contributed by atoms with Crippen molar-refractivity contribution in [3.05, 3.63) is 30.1 Å². The Morgan fingerprint density at radius 2 is 1.84 bits per heavy atom. The molecule has 0 aliphatic carbocycles. The minimum Gasteiger partial charge on any atom is -0.316 e. The molecule has 0 aromatic carbocycles. The van der Waals surface area contributed by atoms with Crippen LogP contribution in [0.3, 0.4) is 0 Å². The van der Waals surface area contributed by atoms with E-state index in [1.807, 2.05) is 12.4 Å². The highest BCUT2D eigenvalue weighted by molar-refractivity contribution is 5.09. The van der Waals surface area contributed by atoms with Gasteiger partial charge in [-0.2, -0.15) is 0 Å². The molecule has 1 atom stereocenters. The first-order valence-electron chi connectivity index (χ1n) is 7.43. The second-order valence-electron chi connectivity index (χ2n) is 5.84. The molecular weight excluding hydrogens is 234 g/mol. The van der Waals surface area contributed by atoms with Crippen LogP contribution in [0.4, 0.5) is 0 Å². The molecular formula is C16H29N3. The first-order valence-corrected chi connectivity index (χ1v) is 7.43. The number of pyridine rings is 1. The summed E-state index contributed by atoms with van der Waals surface area (Å²) < 4.78 is 0.